The lowest BCUT2D eigenvalue weighted by molar-refractivity contribution is -0.124. The predicted molar refractivity (Wildman–Crippen MR) is 110 cm³/mol. The number of benzene rings is 2. The first-order chi connectivity index (χ1) is 14.8. The molecule has 0 saturated carbocycles. The molecule has 2 bridgehead atoms. The second-order valence-electron chi connectivity index (χ2n) is 7.45. The van der Waals surface area contributed by atoms with E-state index in [1.54, 1.807) is 24.3 Å². The Hall–Kier alpha value is -3.50. The molecule has 2 saturated heterocycles. The number of hydrazone groups is 1. The van der Waals surface area contributed by atoms with Gasteiger partial charge in [-0.25, -0.2) is 9.73 Å². The Bertz CT molecular complexity index is 1190. The summed E-state index contributed by atoms with van der Waals surface area (Å²) < 4.78 is 30.5. The van der Waals surface area contributed by atoms with Gasteiger partial charge in [0.2, 0.25) is 11.8 Å². The number of nitrogens with one attached hydrogen (secondary N) is 1. The molecule has 3 aliphatic rings. The summed E-state index contributed by atoms with van der Waals surface area (Å²) in [6.45, 7) is 0. The van der Waals surface area contributed by atoms with E-state index in [2.05, 4.69) is 9.93 Å². The Labute approximate surface area is 177 Å². The monoisotopic (exact) mass is 439 g/mol. The van der Waals surface area contributed by atoms with Gasteiger partial charge in [-0.15, -0.1) is 0 Å². The van der Waals surface area contributed by atoms with Crippen LogP contribution in [0, 0.1) is 11.8 Å². The van der Waals surface area contributed by atoms with E-state index in [4.69, 9.17) is 4.74 Å². The van der Waals surface area contributed by atoms with Gasteiger partial charge in [-0.1, -0.05) is 12.2 Å². The molecule has 2 fully saturated rings. The Kier molecular flexibility index (Phi) is 4.42. The molecule has 0 spiro atoms. The minimum Gasteiger partial charge on any atom is -0.508 e. The van der Waals surface area contributed by atoms with Crippen LogP contribution in [0.15, 0.2) is 70.7 Å². The fraction of sp³-hybridized carbons (Fsp3) is 0.190. The summed E-state index contributed by atoms with van der Waals surface area (Å²) in [5.74, 6) is -1.63. The zero-order valence-electron chi connectivity index (χ0n) is 16.0. The molecule has 31 heavy (non-hydrogen) atoms. The van der Waals surface area contributed by atoms with Gasteiger partial charge in [-0.2, -0.15) is 13.5 Å². The maximum absolute atomic E-state index is 12.8. The molecule has 4 unspecified atom stereocenters. The van der Waals surface area contributed by atoms with Crippen molar-refractivity contribution in [3.63, 3.8) is 0 Å². The van der Waals surface area contributed by atoms with Crippen LogP contribution in [0.1, 0.15) is 5.56 Å². The number of fused-ring (bicyclic) bond motifs is 5. The van der Waals surface area contributed by atoms with Crippen molar-refractivity contribution in [2.45, 2.75) is 17.1 Å². The van der Waals surface area contributed by atoms with Crippen LogP contribution in [0.3, 0.4) is 0 Å². The zero-order chi connectivity index (χ0) is 21.8. The average Bonchev–Trinajstić information content (AvgIpc) is 3.43. The standard InChI is InChI=1S/C21H17N3O6S/c25-14-5-1-12(2-6-14)11-22-23-31(28,29)15-7-3-13(4-8-15)24-20(26)18-16-9-10-17(30-16)19(18)21(24)27/h1-11,16-19,23,25H/b22-11+. The molecule has 10 heteroatoms. The molecular formula is C21H17N3O6S. The third-order valence-electron chi connectivity index (χ3n) is 5.60. The number of phenolic OH excluding ortho intramolecular Hbond substituents is 1. The number of anilines is 1. The SMILES string of the molecule is O=C1C2C3C=CC(O3)C2C(=O)N1c1ccc(S(=O)(=O)N/N=C/c2ccc(O)cc2)cc1. The van der Waals surface area contributed by atoms with Crippen LogP contribution in [-0.4, -0.2) is 43.8 Å². The molecule has 2 aromatic rings. The number of ether oxygens (including phenoxy) is 1. The molecule has 9 nitrogen and oxygen atoms in total. The van der Waals surface area contributed by atoms with Crippen molar-refractivity contribution >= 4 is 33.7 Å². The van der Waals surface area contributed by atoms with Crippen LogP contribution < -0.4 is 9.73 Å². The van der Waals surface area contributed by atoms with Gasteiger partial charge in [0, 0.05) is 0 Å². The average molecular weight is 439 g/mol. The summed E-state index contributed by atoms with van der Waals surface area (Å²) in [5, 5.41) is 13.0. The summed E-state index contributed by atoms with van der Waals surface area (Å²) in [5.41, 5.74) is 0.912. The summed E-state index contributed by atoms with van der Waals surface area (Å²) in [6, 6.07) is 11.5. The Morgan fingerprint density at radius 2 is 1.52 bits per heavy atom. The lowest BCUT2D eigenvalue weighted by atomic mass is 9.85. The molecular weight excluding hydrogens is 422 g/mol. The molecule has 2 amide bonds. The van der Waals surface area contributed by atoms with E-state index in [0.29, 0.717) is 11.3 Å². The number of aromatic hydroxyl groups is 1. The topological polar surface area (TPSA) is 125 Å². The van der Waals surface area contributed by atoms with Crippen LogP contribution >= 0.6 is 0 Å². The molecule has 0 aromatic heterocycles. The number of carbonyl (C=O) groups excluding carboxylic acids is 2. The Morgan fingerprint density at radius 3 is 2.10 bits per heavy atom. The minimum atomic E-state index is -3.94. The highest BCUT2D eigenvalue weighted by atomic mass is 32.2. The van der Waals surface area contributed by atoms with Crippen molar-refractivity contribution in [3.8, 4) is 5.75 Å². The summed E-state index contributed by atoms with van der Waals surface area (Å²) in [7, 11) is -3.94. The number of phenols is 1. The van der Waals surface area contributed by atoms with Crippen molar-refractivity contribution in [1.82, 2.24) is 4.83 Å². The van der Waals surface area contributed by atoms with Gasteiger partial charge in [0.05, 0.1) is 40.8 Å². The Balaban J connectivity index is 1.31. The van der Waals surface area contributed by atoms with E-state index in [1.165, 1.54) is 42.6 Å². The van der Waals surface area contributed by atoms with Crippen LogP contribution in [-0.2, 0) is 24.3 Å². The predicted octanol–water partition coefficient (Wildman–Crippen LogP) is 1.15. The van der Waals surface area contributed by atoms with Crippen LogP contribution in [0.25, 0.3) is 0 Å². The van der Waals surface area contributed by atoms with Crippen molar-refractivity contribution in [2.75, 3.05) is 4.90 Å². The largest absolute Gasteiger partial charge is 0.508 e. The minimum absolute atomic E-state index is 0.0662. The lowest BCUT2D eigenvalue weighted by Crippen LogP contribution is -2.34. The number of carbonyl (C=O) groups is 2. The number of hydrogen-bond acceptors (Lipinski definition) is 7. The van der Waals surface area contributed by atoms with Gasteiger partial charge >= 0.3 is 0 Å². The highest BCUT2D eigenvalue weighted by Crippen LogP contribution is 2.46. The maximum Gasteiger partial charge on any atom is 0.276 e. The molecule has 2 aromatic carbocycles. The fourth-order valence-electron chi connectivity index (χ4n) is 4.12. The second-order valence-corrected chi connectivity index (χ2v) is 9.11. The van der Waals surface area contributed by atoms with Gasteiger partial charge in [0.1, 0.15) is 5.75 Å². The van der Waals surface area contributed by atoms with E-state index in [0.717, 1.165) is 4.90 Å². The van der Waals surface area contributed by atoms with Gasteiger partial charge in [0.15, 0.2) is 0 Å². The van der Waals surface area contributed by atoms with E-state index in [1.807, 2.05) is 0 Å². The second kappa shape index (κ2) is 7.03. The molecule has 0 aliphatic carbocycles. The smallest absolute Gasteiger partial charge is 0.276 e. The number of imide groups is 1. The van der Waals surface area contributed by atoms with Crippen molar-refractivity contribution in [2.24, 2.45) is 16.9 Å². The van der Waals surface area contributed by atoms with Crippen molar-refractivity contribution in [1.29, 1.82) is 0 Å². The van der Waals surface area contributed by atoms with E-state index >= 15 is 0 Å². The summed E-state index contributed by atoms with van der Waals surface area (Å²) in [6.07, 6.45) is 4.15. The number of hydrogen-bond donors (Lipinski definition) is 2. The van der Waals surface area contributed by atoms with E-state index in [9.17, 15) is 23.1 Å². The van der Waals surface area contributed by atoms with Gasteiger partial charge in [-0.05, 0) is 54.1 Å². The Morgan fingerprint density at radius 1 is 0.935 bits per heavy atom. The zero-order valence-corrected chi connectivity index (χ0v) is 16.8. The highest BCUT2D eigenvalue weighted by Gasteiger charge is 2.61. The summed E-state index contributed by atoms with van der Waals surface area (Å²) >= 11 is 0. The normalized spacial score (nSPS) is 26.8. The van der Waals surface area contributed by atoms with Gasteiger partial charge < -0.3 is 9.84 Å². The lowest BCUT2D eigenvalue weighted by Gasteiger charge is -2.17. The van der Waals surface area contributed by atoms with Crippen molar-refractivity contribution < 1.29 is 27.9 Å². The van der Waals surface area contributed by atoms with Crippen molar-refractivity contribution in [3.05, 3.63) is 66.2 Å². The third-order valence-corrected chi connectivity index (χ3v) is 6.83. The summed E-state index contributed by atoms with van der Waals surface area (Å²) in [4.78, 5) is 28.7. The van der Waals surface area contributed by atoms with Crippen LogP contribution in [0.4, 0.5) is 5.69 Å². The highest BCUT2D eigenvalue weighted by molar-refractivity contribution is 7.89. The molecule has 2 N–H and O–H groups in total. The van der Waals surface area contributed by atoms with Gasteiger partial charge in [-0.3, -0.25) is 9.59 Å². The number of sulfonamides is 1. The molecule has 5 rings (SSSR count). The number of nitrogens with zero attached hydrogens (tertiary/aromatic N) is 2. The van der Waals surface area contributed by atoms with E-state index < -0.39 is 21.9 Å². The molecule has 3 aliphatic heterocycles. The molecule has 4 atom stereocenters. The maximum atomic E-state index is 12.8. The van der Waals surface area contributed by atoms with Crippen LogP contribution in [0.5, 0.6) is 5.75 Å². The van der Waals surface area contributed by atoms with E-state index in [-0.39, 0.29) is 34.7 Å². The molecule has 3 heterocycles. The quantitative estimate of drug-likeness (QED) is 0.312. The van der Waals surface area contributed by atoms with Crippen LogP contribution in [0.2, 0.25) is 0 Å². The first-order valence-corrected chi connectivity index (χ1v) is 11.0. The number of amides is 2. The first kappa shape index (κ1) is 19.5. The fourth-order valence-corrected chi connectivity index (χ4v) is 4.91. The number of rotatable bonds is 5. The first-order valence-electron chi connectivity index (χ1n) is 9.51. The van der Waals surface area contributed by atoms with Gasteiger partial charge in [0.25, 0.3) is 10.0 Å². The molecule has 0 radical (unpaired) electrons. The third kappa shape index (κ3) is 3.20. The molecule has 158 valence electrons.